The average molecular weight is 624 g/mol. The number of piperidine rings is 1. The van der Waals surface area contributed by atoms with Gasteiger partial charge in [-0.05, 0) is 72.0 Å². The van der Waals surface area contributed by atoms with Crippen molar-refractivity contribution in [3.63, 3.8) is 0 Å². The minimum atomic E-state index is -1.17. The number of aliphatic hydroxyl groups is 1. The zero-order valence-corrected chi connectivity index (χ0v) is 26.3. The van der Waals surface area contributed by atoms with Crippen LogP contribution in [0.2, 0.25) is 10.0 Å². The fourth-order valence-corrected chi connectivity index (χ4v) is 7.16. The molecule has 1 fully saturated rings. The number of fused-ring (bicyclic) bond motifs is 1. The predicted molar refractivity (Wildman–Crippen MR) is 173 cm³/mol. The van der Waals surface area contributed by atoms with Crippen LogP contribution in [0.15, 0.2) is 89.8 Å². The molecule has 4 aromatic rings. The van der Waals surface area contributed by atoms with Crippen molar-refractivity contribution in [3.8, 4) is 0 Å². The van der Waals surface area contributed by atoms with E-state index < -0.39 is 16.4 Å². The van der Waals surface area contributed by atoms with Gasteiger partial charge in [-0.3, -0.25) is 9.00 Å². The van der Waals surface area contributed by atoms with Gasteiger partial charge in [-0.1, -0.05) is 83.9 Å². The second kappa shape index (κ2) is 13.3. The lowest BCUT2D eigenvalue weighted by Gasteiger charge is -2.39. The number of carbonyl (C=O) groups excluding carboxylic acids is 1. The maximum atomic E-state index is 13.7. The largest absolute Gasteiger partial charge is 0.385 e. The molecule has 1 amide bonds. The molecule has 220 valence electrons. The van der Waals surface area contributed by atoms with Crippen LogP contribution in [0.25, 0.3) is 10.8 Å². The molecule has 2 atom stereocenters. The molecule has 0 spiro atoms. The van der Waals surface area contributed by atoms with Gasteiger partial charge in [-0.15, -0.1) is 0 Å². The number of rotatable bonds is 9. The Balaban J connectivity index is 1.30. The summed E-state index contributed by atoms with van der Waals surface area (Å²) in [4.78, 5) is 18.5. The van der Waals surface area contributed by atoms with Gasteiger partial charge in [0.1, 0.15) is 0 Å². The monoisotopic (exact) mass is 622 g/mol. The van der Waals surface area contributed by atoms with Crippen molar-refractivity contribution in [2.24, 2.45) is 0 Å². The van der Waals surface area contributed by atoms with Gasteiger partial charge in [0.2, 0.25) is 0 Å². The molecular weight excluding hydrogens is 587 g/mol. The molecule has 8 heteroatoms. The molecule has 1 saturated heterocycles. The summed E-state index contributed by atoms with van der Waals surface area (Å²) < 4.78 is 12.3. The molecule has 5 nitrogen and oxygen atoms in total. The molecule has 0 radical (unpaired) electrons. The third-order valence-electron chi connectivity index (χ3n) is 8.45. The molecule has 0 aliphatic carbocycles. The lowest BCUT2D eigenvalue weighted by atomic mass is 9.84. The van der Waals surface area contributed by atoms with Gasteiger partial charge in [0.25, 0.3) is 5.91 Å². The van der Waals surface area contributed by atoms with E-state index in [-0.39, 0.29) is 11.8 Å². The summed E-state index contributed by atoms with van der Waals surface area (Å²) in [5.74, 6) is 0.0135. The summed E-state index contributed by atoms with van der Waals surface area (Å²) in [6.07, 6.45) is 3.60. The number of amides is 1. The zero-order chi connectivity index (χ0) is 29.9. The fourth-order valence-electron chi connectivity index (χ4n) is 6.02. The molecule has 0 saturated carbocycles. The average Bonchev–Trinajstić information content (AvgIpc) is 3.00. The number of hydrogen-bond acceptors (Lipinski definition) is 4. The summed E-state index contributed by atoms with van der Waals surface area (Å²) in [5.41, 5.74) is 1.50. The van der Waals surface area contributed by atoms with Gasteiger partial charge >= 0.3 is 0 Å². The molecule has 5 rings (SSSR count). The van der Waals surface area contributed by atoms with E-state index in [1.165, 1.54) is 0 Å². The number of hydrogen-bond donors (Lipinski definition) is 1. The first kappa shape index (κ1) is 30.7. The maximum Gasteiger partial charge on any atom is 0.254 e. The first-order valence-corrected chi connectivity index (χ1v) is 16.5. The molecule has 1 aliphatic heterocycles. The molecular formula is C34H36Cl2N2O3S. The number of likely N-dealkylation sites (N-methyl/N-ethyl adjacent to an activating group) is 1. The highest BCUT2D eigenvalue weighted by Gasteiger charge is 2.36. The number of benzene rings is 4. The van der Waals surface area contributed by atoms with Crippen molar-refractivity contribution in [1.29, 1.82) is 0 Å². The quantitative estimate of drug-likeness (QED) is 0.216. The topological polar surface area (TPSA) is 60.9 Å². The van der Waals surface area contributed by atoms with Crippen LogP contribution in [0.3, 0.4) is 0 Å². The summed E-state index contributed by atoms with van der Waals surface area (Å²) in [5, 5.41) is 14.5. The molecule has 0 aromatic heterocycles. The Hall–Kier alpha value is -2.74. The highest BCUT2D eigenvalue weighted by atomic mass is 35.5. The Labute approximate surface area is 260 Å². The minimum absolute atomic E-state index is 0.0214. The van der Waals surface area contributed by atoms with E-state index >= 15 is 0 Å². The number of nitrogens with zero attached hydrogens (tertiary/aromatic N) is 2. The van der Waals surface area contributed by atoms with Crippen LogP contribution in [0, 0.1) is 0 Å². The summed E-state index contributed by atoms with van der Waals surface area (Å²) in [6.45, 7) is 2.77. The highest BCUT2D eigenvalue weighted by molar-refractivity contribution is 7.84. The Morgan fingerprint density at radius 2 is 1.67 bits per heavy atom. The zero-order valence-electron chi connectivity index (χ0n) is 23.9. The van der Waals surface area contributed by atoms with Crippen LogP contribution >= 0.6 is 23.2 Å². The predicted octanol–water partition coefficient (Wildman–Crippen LogP) is 7.11. The van der Waals surface area contributed by atoms with E-state index in [1.54, 1.807) is 11.2 Å². The Morgan fingerprint density at radius 3 is 2.40 bits per heavy atom. The minimum Gasteiger partial charge on any atom is -0.385 e. The van der Waals surface area contributed by atoms with E-state index in [0.717, 1.165) is 48.0 Å². The standard InChI is InChI=1S/C34H36Cl2N2O3S/c1-37(33(39)28-11-7-9-24-8-3-4-10-27(24)28)23-26(25-14-15-30(35)31(36)22-25)16-19-38-20-17-34(40,18-21-38)29-12-5-6-13-32(29)42(2)41/h3-15,22,26,40H,16-21,23H2,1-2H3/t26-,42?/m1/s1. The van der Waals surface area contributed by atoms with E-state index in [1.807, 2.05) is 92.0 Å². The Kier molecular flexibility index (Phi) is 9.70. The van der Waals surface area contributed by atoms with Crippen molar-refractivity contribution >= 4 is 50.7 Å². The molecule has 1 aliphatic rings. The smallest absolute Gasteiger partial charge is 0.254 e. The van der Waals surface area contributed by atoms with E-state index in [9.17, 15) is 14.1 Å². The van der Waals surface area contributed by atoms with Crippen molar-refractivity contribution in [2.75, 3.05) is 39.5 Å². The van der Waals surface area contributed by atoms with E-state index in [0.29, 0.717) is 39.9 Å². The summed E-state index contributed by atoms with van der Waals surface area (Å²) >= 11 is 12.7. The van der Waals surface area contributed by atoms with Crippen molar-refractivity contribution < 1.29 is 14.1 Å². The highest BCUT2D eigenvalue weighted by Crippen LogP contribution is 2.36. The van der Waals surface area contributed by atoms with E-state index in [4.69, 9.17) is 23.2 Å². The summed E-state index contributed by atoms with van der Waals surface area (Å²) in [6, 6.07) is 27.0. The molecule has 42 heavy (non-hydrogen) atoms. The van der Waals surface area contributed by atoms with Gasteiger partial charge in [-0.2, -0.15) is 0 Å². The first-order chi connectivity index (χ1) is 20.2. The third kappa shape index (κ3) is 6.74. The number of likely N-dealkylation sites (tertiary alicyclic amines) is 1. The third-order valence-corrected chi connectivity index (χ3v) is 10.2. The first-order valence-electron chi connectivity index (χ1n) is 14.2. The SMILES string of the molecule is CN(C[C@@H](CCN1CCC(O)(c2ccccc2S(C)=O)CC1)c1ccc(Cl)c(Cl)c1)C(=O)c1cccc2ccccc12. The van der Waals surface area contributed by atoms with Crippen LogP contribution in [0.4, 0.5) is 0 Å². The molecule has 1 unspecified atom stereocenters. The summed E-state index contributed by atoms with van der Waals surface area (Å²) in [7, 11) is 0.683. The van der Waals surface area contributed by atoms with Gasteiger partial charge < -0.3 is 14.9 Å². The second-order valence-electron chi connectivity index (χ2n) is 11.2. The Morgan fingerprint density at radius 1 is 0.976 bits per heavy atom. The van der Waals surface area contributed by atoms with Crippen LogP contribution in [0.5, 0.6) is 0 Å². The molecule has 0 bridgehead atoms. The van der Waals surface area contributed by atoms with Crippen LogP contribution in [-0.4, -0.2) is 64.5 Å². The van der Waals surface area contributed by atoms with E-state index in [2.05, 4.69) is 4.90 Å². The Bertz CT molecular complexity index is 1600. The normalized spacial score (nSPS) is 16.7. The fraction of sp³-hybridized carbons (Fsp3) is 0.324. The molecule has 1 N–H and O–H groups in total. The van der Waals surface area contributed by atoms with Gasteiger partial charge in [-0.25, -0.2) is 0 Å². The van der Waals surface area contributed by atoms with Crippen LogP contribution in [-0.2, 0) is 16.4 Å². The molecule has 4 aromatic carbocycles. The second-order valence-corrected chi connectivity index (χ2v) is 13.4. The van der Waals surface area contributed by atoms with Gasteiger partial charge in [0, 0.05) is 49.3 Å². The van der Waals surface area contributed by atoms with Gasteiger partial charge in [0.05, 0.1) is 26.4 Å². The lowest BCUT2D eigenvalue weighted by molar-refractivity contribution is -0.0285. The maximum absolute atomic E-state index is 13.7. The lowest BCUT2D eigenvalue weighted by Crippen LogP contribution is -2.43. The van der Waals surface area contributed by atoms with Crippen molar-refractivity contribution in [1.82, 2.24) is 9.80 Å². The van der Waals surface area contributed by atoms with Crippen LogP contribution < -0.4 is 0 Å². The molecule has 1 heterocycles. The van der Waals surface area contributed by atoms with Crippen molar-refractivity contribution in [3.05, 3.63) is 112 Å². The van der Waals surface area contributed by atoms with Gasteiger partial charge in [0.15, 0.2) is 0 Å². The van der Waals surface area contributed by atoms with Crippen LogP contribution in [0.1, 0.15) is 46.7 Å². The number of halogens is 2. The van der Waals surface area contributed by atoms with Crippen molar-refractivity contribution in [2.45, 2.75) is 35.7 Å². The number of carbonyl (C=O) groups is 1.